The van der Waals surface area contributed by atoms with Gasteiger partial charge in [-0.05, 0) is 43.4 Å². The lowest BCUT2D eigenvalue weighted by Gasteiger charge is -2.36. The van der Waals surface area contributed by atoms with Crippen molar-refractivity contribution < 1.29 is 9.53 Å². The van der Waals surface area contributed by atoms with Gasteiger partial charge in [0.1, 0.15) is 16.8 Å². The molecule has 1 saturated heterocycles. The Morgan fingerprint density at radius 3 is 2.73 bits per heavy atom. The number of nitrogens with one attached hydrogen (secondary N) is 1. The monoisotopic (exact) mass is 424 g/mol. The van der Waals surface area contributed by atoms with Crippen molar-refractivity contribution in [2.75, 3.05) is 50.1 Å². The van der Waals surface area contributed by atoms with E-state index in [1.165, 1.54) is 11.3 Å². The highest BCUT2D eigenvalue weighted by Gasteiger charge is 2.23. The fraction of sp³-hybridized carbons (Fsp3) is 0.478. The zero-order valence-corrected chi connectivity index (χ0v) is 18.3. The molecule has 0 unspecified atom stereocenters. The predicted molar refractivity (Wildman–Crippen MR) is 121 cm³/mol. The SMILES string of the molecule is COc1ccccc1N1CCN(CCC(=O)Nc2sc3c(c2C#N)CCCC3)CC1. The molecule has 1 aliphatic heterocycles. The van der Waals surface area contributed by atoms with Crippen molar-refractivity contribution >= 4 is 27.9 Å². The van der Waals surface area contributed by atoms with Crippen molar-refractivity contribution in [2.24, 2.45) is 0 Å². The first-order valence-electron chi connectivity index (χ1n) is 10.6. The molecule has 1 fully saturated rings. The van der Waals surface area contributed by atoms with Crippen molar-refractivity contribution in [3.63, 3.8) is 0 Å². The number of carbonyl (C=O) groups is 1. The molecule has 0 atom stereocenters. The molecule has 6 nitrogen and oxygen atoms in total. The Balaban J connectivity index is 1.28. The summed E-state index contributed by atoms with van der Waals surface area (Å²) in [5.74, 6) is 0.898. The maximum atomic E-state index is 12.5. The van der Waals surface area contributed by atoms with E-state index in [0.29, 0.717) is 12.0 Å². The Kier molecular flexibility index (Phi) is 6.56. The molecule has 4 rings (SSSR count). The van der Waals surface area contributed by atoms with Gasteiger partial charge in [0.25, 0.3) is 0 Å². The average molecular weight is 425 g/mol. The van der Waals surface area contributed by atoms with Crippen molar-refractivity contribution in [3.8, 4) is 11.8 Å². The number of hydrogen-bond acceptors (Lipinski definition) is 6. The summed E-state index contributed by atoms with van der Waals surface area (Å²) in [6.07, 6.45) is 4.74. The van der Waals surface area contributed by atoms with E-state index in [1.807, 2.05) is 18.2 Å². The molecule has 158 valence electrons. The molecule has 1 aromatic heterocycles. The molecule has 1 aromatic carbocycles. The Bertz CT molecular complexity index is 941. The number of piperazine rings is 1. The zero-order valence-electron chi connectivity index (χ0n) is 17.4. The lowest BCUT2D eigenvalue weighted by atomic mass is 9.96. The Labute approximate surface area is 182 Å². The van der Waals surface area contributed by atoms with E-state index >= 15 is 0 Å². The molecule has 2 heterocycles. The molecule has 0 saturated carbocycles. The highest BCUT2D eigenvalue weighted by molar-refractivity contribution is 7.16. The van der Waals surface area contributed by atoms with Gasteiger partial charge in [0, 0.05) is 44.0 Å². The second-order valence-corrected chi connectivity index (χ2v) is 8.93. The molecule has 0 spiro atoms. The van der Waals surface area contributed by atoms with Crippen molar-refractivity contribution in [3.05, 3.63) is 40.3 Å². The highest BCUT2D eigenvalue weighted by Crippen LogP contribution is 2.37. The minimum atomic E-state index is -0.00254. The molecule has 0 bridgehead atoms. The molecule has 7 heteroatoms. The first-order chi connectivity index (χ1) is 14.7. The number of anilines is 2. The van der Waals surface area contributed by atoms with Crippen molar-refractivity contribution in [1.29, 1.82) is 5.26 Å². The van der Waals surface area contributed by atoms with Gasteiger partial charge < -0.3 is 15.0 Å². The quantitative estimate of drug-likeness (QED) is 0.767. The van der Waals surface area contributed by atoms with Gasteiger partial charge in [-0.1, -0.05) is 12.1 Å². The van der Waals surface area contributed by atoms with Gasteiger partial charge in [0.05, 0.1) is 18.4 Å². The summed E-state index contributed by atoms with van der Waals surface area (Å²) in [5, 5.41) is 13.3. The number of aryl methyl sites for hydroxylation is 1. The van der Waals surface area contributed by atoms with E-state index in [2.05, 4.69) is 27.3 Å². The molecule has 2 aliphatic rings. The predicted octanol–water partition coefficient (Wildman–Crippen LogP) is 3.66. The summed E-state index contributed by atoms with van der Waals surface area (Å²) in [4.78, 5) is 18.5. The number of benzene rings is 1. The molecule has 1 amide bonds. The Morgan fingerprint density at radius 1 is 1.20 bits per heavy atom. The van der Waals surface area contributed by atoms with Gasteiger partial charge in [0.15, 0.2) is 0 Å². The third-order valence-corrected chi connectivity index (χ3v) is 7.20. The molecular weight excluding hydrogens is 396 g/mol. The number of amides is 1. The molecule has 0 radical (unpaired) electrons. The van der Waals surface area contributed by atoms with E-state index in [4.69, 9.17) is 4.74 Å². The summed E-state index contributed by atoms with van der Waals surface area (Å²) in [6, 6.07) is 10.4. The number of fused-ring (bicyclic) bond motifs is 1. The molecule has 1 N–H and O–H groups in total. The molecule has 2 aromatic rings. The number of thiophene rings is 1. The Hall–Kier alpha value is -2.56. The van der Waals surface area contributed by atoms with Crippen LogP contribution in [0.2, 0.25) is 0 Å². The van der Waals surface area contributed by atoms with Crippen LogP contribution in [0.15, 0.2) is 24.3 Å². The summed E-state index contributed by atoms with van der Waals surface area (Å²) < 4.78 is 5.48. The van der Waals surface area contributed by atoms with Crippen LogP contribution in [-0.2, 0) is 17.6 Å². The number of hydrogen-bond donors (Lipinski definition) is 1. The zero-order chi connectivity index (χ0) is 20.9. The first-order valence-corrected chi connectivity index (χ1v) is 11.5. The van der Waals surface area contributed by atoms with Crippen LogP contribution in [0, 0.1) is 11.3 Å². The standard InChI is InChI=1S/C23H28N4O2S/c1-29-20-8-4-3-7-19(20)27-14-12-26(13-15-27)11-10-22(28)25-23-18(16-24)17-6-2-5-9-21(17)30-23/h3-4,7-8H,2,5-6,9-15H2,1H3,(H,25,28). The van der Waals surface area contributed by atoms with Crippen LogP contribution in [0.1, 0.15) is 35.3 Å². The summed E-state index contributed by atoms with van der Waals surface area (Å²) in [7, 11) is 1.70. The third-order valence-electron chi connectivity index (χ3n) is 5.99. The third kappa shape index (κ3) is 4.45. The largest absolute Gasteiger partial charge is 0.495 e. The van der Waals surface area contributed by atoms with E-state index < -0.39 is 0 Å². The number of rotatable bonds is 6. The topological polar surface area (TPSA) is 68.6 Å². The van der Waals surface area contributed by atoms with Crippen LogP contribution in [0.4, 0.5) is 10.7 Å². The van der Waals surface area contributed by atoms with Gasteiger partial charge in [-0.2, -0.15) is 5.26 Å². The van der Waals surface area contributed by atoms with Crippen LogP contribution in [0.25, 0.3) is 0 Å². The van der Waals surface area contributed by atoms with E-state index in [0.717, 1.165) is 74.0 Å². The summed E-state index contributed by atoms with van der Waals surface area (Å²) >= 11 is 1.59. The van der Waals surface area contributed by atoms with Gasteiger partial charge in [-0.25, -0.2) is 0 Å². The van der Waals surface area contributed by atoms with Crippen molar-refractivity contribution in [1.82, 2.24) is 4.90 Å². The van der Waals surface area contributed by atoms with Gasteiger partial charge in [-0.15, -0.1) is 11.3 Å². The Morgan fingerprint density at radius 2 is 1.97 bits per heavy atom. The smallest absolute Gasteiger partial charge is 0.226 e. The number of para-hydroxylation sites is 2. The van der Waals surface area contributed by atoms with Crippen LogP contribution in [0.3, 0.4) is 0 Å². The van der Waals surface area contributed by atoms with Crippen molar-refractivity contribution in [2.45, 2.75) is 32.1 Å². The first kappa shape index (κ1) is 20.7. The van der Waals surface area contributed by atoms with E-state index in [-0.39, 0.29) is 5.91 Å². The van der Waals surface area contributed by atoms with Crippen LogP contribution in [-0.4, -0.2) is 50.6 Å². The number of nitrogens with zero attached hydrogens (tertiary/aromatic N) is 3. The van der Waals surface area contributed by atoms with E-state index in [9.17, 15) is 10.1 Å². The van der Waals surface area contributed by atoms with Crippen LogP contribution in [0.5, 0.6) is 5.75 Å². The normalized spacial score (nSPS) is 16.6. The lowest BCUT2D eigenvalue weighted by Crippen LogP contribution is -2.47. The van der Waals surface area contributed by atoms with E-state index in [1.54, 1.807) is 18.4 Å². The lowest BCUT2D eigenvalue weighted by molar-refractivity contribution is -0.116. The van der Waals surface area contributed by atoms with Crippen LogP contribution >= 0.6 is 11.3 Å². The minimum absolute atomic E-state index is 0.00254. The second-order valence-electron chi connectivity index (χ2n) is 7.83. The number of nitriles is 1. The molecular formula is C23H28N4O2S. The maximum Gasteiger partial charge on any atom is 0.226 e. The molecule has 1 aliphatic carbocycles. The average Bonchev–Trinajstić information content (AvgIpc) is 3.14. The van der Waals surface area contributed by atoms with Crippen LogP contribution < -0.4 is 15.0 Å². The summed E-state index contributed by atoms with van der Waals surface area (Å²) in [6.45, 7) is 4.40. The fourth-order valence-corrected chi connectivity index (χ4v) is 5.58. The van der Waals surface area contributed by atoms with Gasteiger partial charge >= 0.3 is 0 Å². The van der Waals surface area contributed by atoms with Gasteiger partial charge in [0.2, 0.25) is 5.91 Å². The number of methoxy groups -OCH3 is 1. The van der Waals surface area contributed by atoms with Gasteiger partial charge in [-0.3, -0.25) is 9.69 Å². The number of ether oxygens (including phenoxy) is 1. The maximum absolute atomic E-state index is 12.5. The summed E-state index contributed by atoms with van der Waals surface area (Å²) in [5.41, 5.74) is 2.98. The fourth-order valence-electron chi connectivity index (χ4n) is 4.32. The second kappa shape index (κ2) is 9.50. The minimum Gasteiger partial charge on any atom is -0.495 e. The highest BCUT2D eigenvalue weighted by atomic mass is 32.1. The number of carbonyl (C=O) groups excluding carboxylic acids is 1. The molecule has 30 heavy (non-hydrogen) atoms.